The standard InChI is InChI=1S/C25H18ClN3O2/c26-20-7-4-8-21(12-20)29-25(30)18(14-27)11-19-15-28-24-10-9-22(13-23(19)24)31-16-17-5-2-1-3-6-17/h1-13,15,28H,16H2,(H,29,30)/b18-11+. The molecule has 5 nitrogen and oxygen atoms in total. The largest absolute Gasteiger partial charge is 0.489 e. The van der Waals surface area contributed by atoms with Crippen LogP contribution in [0.15, 0.2) is 84.6 Å². The summed E-state index contributed by atoms with van der Waals surface area (Å²) in [6.07, 6.45) is 3.31. The summed E-state index contributed by atoms with van der Waals surface area (Å²) in [6, 6.07) is 24.3. The van der Waals surface area contributed by atoms with Crippen molar-refractivity contribution in [2.75, 3.05) is 5.32 Å². The van der Waals surface area contributed by atoms with E-state index in [4.69, 9.17) is 16.3 Å². The van der Waals surface area contributed by atoms with Gasteiger partial charge in [-0.05, 0) is 48.0 Å². The molecule has 0 fully saturated rings. The minimum atomic E-state index is -0.504. The predicted octanol–water partition coefficient (Wildman–Crippen LogP) is 5.95. The van der Waals surface area contributed by atoms with Crippen molar-refractivity contribution in [1.29, 1.82) is 5.26 Å². The van der Waals surface area contributed by atoms with Crippen molar-refractivity contribution in [3.05, 3.63) is 101 Å². The van der Waals surface area contributed by atoms with Gasteiger partial charge in [0.25, 0.3) is 5.91 Å². The first-order valence-corrected chi connectivity index (χ1v) is 9.97. The van der Waals surface area contributed by atoms with Crippen molar-refractivity contribution in [3.8, 4) is 11.8 Å². The highest BCUT2D eigenvalue weighted by Crippen LogP contribution is 2.26. The average Bonchev–Trinajstić information content (AvgIpc) is 3.18. The number of aromatic nitrogens is 1. The number of carbonyl (C=O) groups is 1. The molecule has 152 valence electrons. The van der Waals surface area contributed by atoms with Crippen LogP contribution in [0.4, 0.5) is 5.69 Å². The highest BCUT2D eigenvalue weighted by Gasteiger charge is 2.12. The molecule has 0 aliphatic rings. The molecule has 0 bridgehead atoms. The molecule has 0 unspecified atom stereocenters. The highest BCUT2D eigenvalue weighted by molar-refractivity contribution is 6.31. The van der Waals surface area contributed by atoms with Gasteiger partial charge in [0.2, 0.25) is 0 Å². The van der Waals surface area contributed by atoms with Crippen LogP contribution in [0.1, 0.15) is 11.1 Å². The third-order valence-corrected chi connectivity index (χ3v) is 4.92. The normalized spacial score (nSPS) is 11.2. The fourth-order valence-corrected chi connectivity index (χ4v) is 3.33. The van der Waals surface area contributed by atoms with Gasteiger partial charge in [0.15, 0.2) is 0 Å². The summed E-state index contributed by atoms with van der Waals surface area (Å²) in [4.78, 5) is 15.7. The number of carbonyl (C=O) groups excluding carboxylic acids is 1. The van der Waals surface area contributed by atoms with Crippen LogP contribution in [0.5, 0.6) is 5.75 Å². The fourth-order valence-electron chi connectivity index (χ4n) is 3.14. The summed E-state index contributed by atoms with van der Waals surface area (Å²) in [6.45, 7) is 0.452. The molecule has 3 aromatic carbocycles. The fraction of sp³-hybridized carbons (Fsp3) is 0.0400. The van der Waals surface area contributed by atoms with E-state index in [0.717, 1.165) is 22.0 Å². The molecule has 0 saturated carbocycles. The summed E-state index contributed by atoms with van der Waals surface area (Å²) in [5.41, 5.74) is 3.18. The minimum Gasteiger partial charge on any atom is -0.489 e. The molecule has 0 aliphatic heterocycles. The molecule has 1 aromatic heterocycles. The van der Waals surface area contributed by atoms with Gasteiger partial charge in [-0.3, -0.25) is 4.79 Å². The van der Waals surface area contributed by atoms with Gasteiger partial charge in [0.1, 0.15) is 24.0 Å². The lowest BCUT2D eigenvalue weighted by molar-refractivity contribution is -0.112. The molecule has 31 heavy (non-hydrogen) atoms. The van der Waals surface area contributed by atoms with E-state index in [9.17, 15) is 10.1 Å². The highest BCUT2D eigenvalue weighted by atomic mass is 35.5. The zero-order valence-electron chi connectivity index (χ0n) is 16.4. The molecule has 1 amide bonds. The van der Waals surface area contributed by atoms with Gasteiger partial charge in [0, 0.05) is 33.4 Å². The van der Waals surface area contributed by atoms with Crippen LogP contribution >= 0.6 is 11.6 Å². The molecule has 0 radical (unpaired) electrons. The summed E-state index contributed by atoms with van der Waals surface area (Å²) in [7, 11) is 0. The number of amides is 1. The Balaban J connectivity index is 1.56. The van der Waals surface area contributed by atoms with Crippen molar-refractivity contribution in [2.45, 2.75) is 6.61 Å². The van der Waals surface area contributed by atoms with Crippen LogP contribution in [0.3, 0.4) is 0 Å². The van der Waals surface area contributed by atoms with Gasteiger partial charge in [-0.1, -0.05) is 48.0 Å². The molecule has 2 N–H and O–H groups in total. The van der Waals surface area contributed by atoms with Gasteiger partial charge in [0.05, 0.1) is 0 Å². The quantitative estimate of drug-likeness (QED) is 0.295. The lowest BCUT2D eigenvalue weighted by Gasteiger charge is -2.07. The second kappa shape index (κ2) is 9.21. The zero-order valence-corrected chi connectivity index (χ0v) is 17.2. The van der Waals surface area contributed by atoms with E-state index in [1.54, 1.807) is 36.5 Å². The second-order valence-electron chi connectivity index (χ2n) is 6.86. The van der Waals surface area contributed by atoms with Crippen LogP contribution in [0.2, 0.25) is 5.02 Å². The van der Waals surface area contributed by atoms with Crippen molar-refractivity contribution >= 4 is 40.2 Å². The number of H-pyrrole nitrogens is 1. The van der Waals surface area contributed by atoms with Gasteiger partial charge < -0.3 is 15.0 Å². The third-order valence-electron chi connectivity index (χ3n) is 4.68. The smallest absolute Gasteiger partial charge is 0.266 e. The summed E-state index contributed by atoms with van der Waals surface area (Å²) in [5.74, 6) is 0.197. The molecule has 0 spiro atoms. The maximum atomic E-state index is 12.6. The average molecular weight is 428 g/mol. The van der Waals surface area contributed by atoms with Gasteiger partial charge >= 0.3 is 0 Å². The molecular formula is C25H18ClN3O2. The minimum absolute atomic E-state index is 0.0171. The Hall–Kier alpha value is -4.01. The lowest BCUT2D eigenvalue weighted by Crippen LogP contribution is -2.13. The van der Waals surface area contributed by atoms with Crippen LogP contribution in [-0.4, -0.2) is 10.9 Å². The number of nitriles is 1. The number of ether oxygens (including phenoxy) is 1. The summed E-state index contributed by atoms with van der Waals surface area (Å²) >= 11 is 5.95. The van der Waals surface area contributed by atoms with E-state index >= 15 is 0 Å². The van der Waals surface area contributed by atoms with E-state index in [2.05, 4.69) is 10.3 Å². The number of hydrogen-bond donors (Lipinski definition) is 2. The number of fused-ring (bicyclic) bond motifs is 1. The van der Waals surface area contributed by atoms with Crippen molar-refractivity contribution in [3.63, 3.8) is 0 Å². The number of anilines is 1. The van der Waals surface area contributed by atoms with E-state index in [0.29, 0.717) is 23.1 Å². The van der Waals surface area contributed by atoms with E-state index in [1.165, 1.54) is 0 Å². The number of hydrogen-bond acceptors (Lipinski definition) is 3. The molecule has 0 atom stereocenters. The second-order valence-corrected chi connectivity index (χ2v) is 7.30. The number of nitrogens with zero attached hydrogens (tertiary/aromatic N) is 1. The molecular weight excluding hydrogens is 410 g/mol. The summed E-state index contributed by atoms with van der Waals surface area (Å²) in [5, 5.41) is 13.6. The van der Waals surface area contributed by atoms with E-state index in [1.807, 2.05) is 54.6 Å². The Morgan fingerprint density at radius 1 is 1.10 bits per heavy atom. The maximum absolute atomic E-state index is 12.6. The maximum Gasteiger partial charge on any atom is 0.266 e. The number of benzene rings is 3. The van der Waals surface area contributed by atoms with Crippen LogP contribution in [0, 0.1) is 11.3 Å². The van der Waals surface area contributed by atoms with Gasteiger partial charge in [-0.25, -0.2) is 0 Å². The van der Waals surface area contributed by atoms with Gasteiger partial charge in [-0.2, -0.15) is 5.26 Å². The SMILES string of the molecule is N#C/C(=C\c1c[nH]c2ccc(OCc3ccccc3)cc12)C(=O)Nc1cccc(Cl)c1. The lowest BCUT2D eigenvalue weighted by atomic mass is 10.1. The Morgan fingerprint density at radius 2 is 1.94 bits per heavy atom. The van der Waals surface area contributed by atoms with Crippen LogP contribution in [-0.2, 0) is 11.4 Å². The molecule has 4 aromatic rings. The first kappa shape index (κ1) is 20.3. The monoisotopic (exact) mass is 427 g/mol. The van der Waals surface area contributed by atoms with E-state index in [-0.39, 0.29) is 5.57 Å². The van der Waals surface area contributed by atoms with Gasteiger partial charge in [-0.15, -0.1) is 0 Å². The Labute approximate surface area is 184 Å². The molecule has 6 heteroatoms. The topological polar surface area (TPSA) is 77.9 Å². The van der Waals surface area contributed by atoms with Crippen LogP contribution < -0.4 is 10.1 Å². The van der Waals surface area contributed by atoms with Crippen molar-refractivity contribution in [1.82, 2.24) is 4.98 Å². The Kier molecular flexibility index (Phi) is 6.02. The molecule has 0 saturated heterocycles. The van der Waals surface area contributed by atoms with E-state index < -0.39 is 5.91 Å². The third kappa shape index (κ3) is 4.95. The van der Waals surface area contributed by atoms with Crippen molar-refractivity contribution in [2.24, 2.45) is 0 Å². The number of rotatable bonds is 6. The number of nitrogens with one attached hydrogen (secondary N) is 2. The predicted molar refractivity (Wildman–Crippen MR) is 123 cm³/mol. The first-order chi connectivity index (χ1) is 15.1. The Bertz CT molecular complexity index is 1300. The first-order valence-electron chi connectivity index (χ1n) is 9.59. The molecule has 4 rings (SSSR count). The molecule has 1 heterocycles. The zero-order chi connectivity index (χ0) is 21.6. The summed E-state index contributed by atoms with van der Waals surface area (Å²) < 4.78 is 5.90. The van der Waals surface area contributed by atoms with Crippen molar-refractivity contribution < 1.29 is 9.53 Å². The number of halogens is 1. The molecule has 0 aliphatic carbocycles. The van der Waals surface area contributed by atoms with Crippen LogP contribution in [0.25, 0.3) is 17.0 Å². The Morgan fingerprint density at radius 3 is 2.71 bits per heavy atom. The number of aromatic amines is 1.